The molecule has 5 nitrogen and oxygen atoms in total. The maximum Gasteiger partial charge on any atom is 0.226 e. The molecule has 0 radical (unpaired) electrons. The van der Waals surface area contributed by atoms with Gasteiger partial charge in [-0.1, -0.05) is 0 Å². The van der Waals surface area contributed by atoms with Crippen molar-refractivity contribution >= 4 is 15.8 Å². The first-order valence-corrected chi connectivity index (χ1v) is 7.35. The summed E-state index contributed by atoms with van der Waals surface area (Å²) >= 11 is 0. The molecule has 0 amide bonds. The molecule has 0 saturated carbocycles. The van der Waals surface area contributed by atoms with E-state index in [-0.39, 0.29) is 0 Å². The minimum absolute atomic E-state index is 0.298. The molecule has 0 unspecified atom stereocenters. The van der Waals surface area contributed by atoms with Gasteiger partial charge in [0.25, 0.3) is 0 Å². The molecule has 1 saturated heterocycles. The van der Waals surface area contributed by atoms with E-state index in [1.165, 1.54) is 0 Å². The Morgan fingerprint density at radius 3 is 2.53 bits per heavy atom. The second kappa shape index (κ2) is 4.56. The molecule has 1 aliphatic rings. The molecular formula is C10H14FN3O2S. The minimum atomic E-state index is -3.65. The summed E-state index contributed by atoms with van der Waals surface area (Å²) in [6.45, 7) is 1.57. The van der Waals surface area contributed by atoms with Gasteiger partial charge in [-0.05, 0) is 19.3 Å². The predicted octanol–water partition coefficient (Wildman–Crippen LogP) is 1.01. The van der Waals surface area contributed by atoms with Gasteiger partial charge in [0.15, 0.2) is 20.7 Å². The Balaban J connectivity index is 2.37. The third-order valence-electron chi connectivity index (χ3n) is 2.69. The van der Waals surface area contributed by atoms with Crippen LogP contribution in [0.15, 0.2) is 11.2 Å². The highest BCUT2D eigenvalue weighted by atomic mass is 32.2. The summed E-state index contributed by atoms with van der Waals surface area (Å²) in [5, 5.41) is -0.520. The van der Waals surface area contributed by atoms with Crippen LogP contribution in [0.25, 0.3) is 0 Å². The molecule has 2 rings (SSSR count). The van der Waals surface area contributed by atoms with Crippen molar-refractivity contribution < 1.29 is 12.8 Å². The highest BCUT2D eigenvalue weighted by Crippen LogP contribution is 2.18. The lowest BCUT2D eigenvalue weighted by Crippen LogP contribution is -2.31. The maximum atomic E-state index is 13.3. The lowest BCUT2D eigenvalue weighted by molar-refractivity contribution is 0.536. The molecule has 0 atom stereocenters. The van der Waals surface area contributed by atoms with E-state index in [2.05, 4.69) is 9.97 Å². The smallest absolute Gasteiger partial charge is 0.226 e. The quantitative estimate of drug-likeness (QED) is 0.742. The highest BCUT2D eigenvalue weighted by Gasteiger charge is 2.20. The van der Waals surface area contributed by atoms with Crippen molar-refractivity contribution in [1.82, 2.24) is 9.97 Å². The van der Waals surface area contributed by atoms with Crippen LogP contribution in [0.2, 0.25) is 0 Å². The summed E-state index contributed by atoms with van der Waals surface area (Å²) in [6.07, 6.45) is 5.06. The molecule has 1 aromatic rings. The van der Waals surface area contributed by atoms with E-state index in [1.807, 2.05) is 4.90 Å². The topological polar surface area (TPSA) is 63.2 Å². The molecule has 0 bridgehead atoms. The second-order valence-electron chi connectivity index (χ2n) is 4.14. The van der Waals surface area contributed by atoms with Crippen molar-refractivity contribution in [3.8, 4) is 0 Å². The van der Waals surface area contributed by atoms with Crippen LogP contribution in [0.1, 0.15) is 19.3 Å². The number of anilines is 1. The number of aromatic nitrogens is 2. The van der Waals surface area contributed by atoms with E-state index in [0.717, 1.165) is 44.8 Å². The number of hydrogen-bond donors (Lipinski definition) is 0. The molecule has 0 aliphatic carbocycles. The van der Waals surface area contributed by atoms with Crippen molar-refractivity contribution in [3.63, 3.8) is 0 Å². The Kier molecular flexibility index (Phi) is 3.28. The Morgan fingerprint density at radius 1 is 1.29 bits per heavy atom. The largest absolute Gasteiger partial charge is 0.341 e. The van der Waals surface area contributed by atoms with E-state index in [9.17, 15) is 12.8 Å². The fourth-order valence-electron chi connectivity index (χ4n) is 1.85. The molecule has 0 spiro atoms. The normalized spacial score (nSPS) is 17.2. The van der Waals surface area contributed by atoms with Crippen LogP contribution < -0.4 is 4.90 Å². The third kappa shape index (κ3) is 2.71. The fourth-order valence-corrected chi connectivity index (χ4v) is 2.50. The van der Waals surface area contributed by atoms with Crippen LogP contribution in [0.3, 0.4) is 0 Å². The van der Waals surface area contributed by atoms with Crippen molar-refractivity contribution in [2.45, 2.75) is 24.3 Å². The summed E-state index contributed by atoms with van der Waals surface area (Å²) < 4.78 is 36.0. The number of sulfone groups is 1. The average molecular weight is 259 g/mol. The first-order valence-electron chi connectivity index (χ1n) is 5.46. The Labute approximate surface area is 99.6 Å². The number of nitrogens with zero attached hydrogens (tertiary/aromatic N) is 3. The first-order chi connectivity index (χ1) is 7.98. The van der Waals surface area contributed by atoms with E-state index in [4.69, 9.17) is 0 Å². The van der Waals surface area contributed by atoms with Crippen molar-refractivity contribution in [2.24, 2.45) is 0 Å². The predicted molar refractivity (Wildman–Crippen MR) is 61.2 cm³/mol. The molecule has 0 aromatic carbocycles. The van der Waals surface area contributed by atoms with E-state index >= 15 is 0 Å². The van der Waals surface area contributed by atoms with Gasteiger partial charge in [-0.2, -0.15) is 4.98 Å². The number of halogens is 1. The van der Waals surface area contributed by atoms with E-state index in [1.54, 1.807) is 0 Å². The molecule has 1 fully saturated rings. The minimum Gasteiger partial charge on any atom is -0.341 e. The van der Waals surface area contributed by atoms with E-state index in [0.29, 0.717) is 5.95 Å². The lowest BCUT2D eigenvalue weighted by Gasteiger charge is -2.26. The van der Waals surface area contributed by atoms with Gasteiger partial charge in [0.05, 0.1) is 6.20 Å². The molecule has 0 N–H and O–H groups in total. The number of rotatable bonds is 2. The standard InChI is InChI=1S/C10H14FN3O2S/c1-17(15,16)9-8(11)7-12-10(13-9)14-5-3-2-4-6-14/h7H,2-6H2,1H3. The maximum absolute atomic E-state index is 13.3. The molecule has 1 aromatic heterocycles. The first kappa shape index (κ1) is 12.2. The van der Waals surface area contributed by atoms with Crippen LogP contribution >= 0.6 is 0 Å². The zero-order valence-corrected chi connectivity index (χ0v) is 10.4. The summed E-state index contributed by atoms with van der Waals surface area (Å²) in [5.41, 5.74) is 0. The van der Waals surface area contributed by atoms with Crippen molar-refractivity contribution in [1.29, 1.82) is 0 Å². The van der Waals surface area contributed by atoms with Crippen LogP contribution in [-0.4, -0.2) is 37.7 Å². The van der Waals surface area contributed by atoms with Crippen LogP contribution in [0, 0.1) is 5.82 Å². The fraction of sp³-hybridized carbons (Fsp3) is 0.600. The zero-order valence-electron chi connectivity index (χ0n) is 9.56. The summed E-state index contributed by atoms with van der Waals surface area (Å²) in [6, 6.07) is 0. The molecule has 2 heterocycles. The van der Waals surface area contributed by atoms with Crippen LogP contribution in [0.4, 0.5) is 10.3 Å². The molecule has 1 aliphatic heterocycles. The van der Waals surface area contributed by atoms with Crippen LogP contribution in [-0.2, 0) is 9.84 Å². The molecule has 7 heteroatoms. The van der Waals surface area contributed by atoms with Crippen molar-refractivity contribution in [3.05, 3.63) is 12.0 Å². The van der Waals surface area contributed by atoms with Crippen LogP contribution in [0.5, 0.6) is 0 Å². The Hall–Kier alpha value is -1.24. The Morgan fingerprint density at radius 2 is 1.94 bits per heavy atom. The van der Waals surface area contributed by atoms with Gasteiger partial charge in [0, 0.05) is 19.3 Å². The average Bonchev–Trinajstić information content (AvgIpc) is 2.29. The zero-order chi connectivity index (χ0) is 12.5. The van der Waals surface area contributed by atoms with E-state index < -0.39 is 20.7 Å². The molecule has 17 heavy (non-hydrogen) atoms. The summed E-state index contributed by atoms with van der Waals surface area (Å²) in [7, 11) is -3.65. The summed E-state index contributed by atoms with van der Waals surface area (Å²) in [4.78, 5) is 9.56. The highest BCUT2D eigenvalue weighted by molar-refractivity contribution is 7.90. The SMILES string of the molecule is CS(=O)(=O)c1nc(N2CCCCC2)ncc1F. The number of hydrogen-bond acceptors (Lipinski definition) is 5. The molecule has 94 valence electrons. The lowest BCUT2D eigenvalue weighted by atomic mass is 10.1. The van der Waals surface area contributed by atoms with Gasteiger partial charge in [0.2, 0.25) is 5.95 Å². The molecular weight excluding hydrogens is 245 g/mol. The Bertz CT molecular complexity index is 512. The van der Waals surface area contributed by atoms with Gasteiger partial charge in [-0.25, -0.2) is 17.8 Å². The van der Waals surface area contributed by atoms with Gasteiger partial charge in [-0.15, -0.1) is 0 Å². The number of piperidine rings is 1. The van der Waals surface area contributed by atoms with Gasteiger partial charge < -0.3 is 4.90 Å². The second-order valence-corrected chi connectivity index (χ2v) is 6.07. The summed E-state index contributed by atoms with van der Waals surface area (Å²) in [5.74, 6) is -0.597. The van der Waals surface area contributed by atoms with Gasteiger partial charge in [0.1, 0.15) is 0 Å². The third-order valence-corrected chi connectivity index (χ3v) is 3.68. The monoisotopic (exact) mass is 259 g/mol. The van der Waals surface area contributed by atoms with Gasteiger partial charge >= 0.3 is 0 Å². The van der Waals surface area contributed by atoms with Gasteiger partial charge in [-0.3, -0.25) is 0 Å². The van der Waals surface area contributed by atoms with Crippen molar-refractivity contribution in [2.75, 3.05) is 24.2 Å².